The average Bonchev–Trinajstić information content (AvgIpc) is 2.99. The zero-order chi connectivity index (χ0) is 12.6. The van der Waals surface area contributed by atoms with E-state index in [4.69, 9.17) is 5.73 Å². The van der Waals surface area contributed by atoms with Crippen LogP contribution in [0.2, 0.25) is 0 Å². The van der Waals surface area contributed by atoms with Crippen LogP contribution in [-0.2, 0) is 6.18 Å². The van der Waals surface area contributed by atoms with Gasteiger partial charge in [-0.05, 0) is 34.3 Å². The number of alkyl halides is 3. The molecule has 1 aromatic heterocycles. The molecular formula is C11H12BrF3N2. The van der Waals surface area contributed by atoms with Crippen LogP contribution >= 0.6 is 15.9 Å². The lowest BCUT2D eigenvalue weighted by atomic mass is 10.1. The van der Waals surface area contributed by atoms with Crippen molar-refractivity contribution in [2.75, 3.05) is 0 Å². The molecule has 1 atom stereocenters. The summed E-state index contributed by atoms with van der Waals surface area (Å²) in [5, 5.41) is 0. The molecule has 17 heavy (non-hydrogen) atoms. The molecule has 0 unspecified atom stereocenters. The molecule has 1 saturated carbocycles. The second-order valence-electron chi connectivity index (χ2n) is 4.37. The number of pyridine rings is 1. The molecule has 0 aromatic carbocycles. The highest BCUT2D eigenvalue weighted by Crippen LogP contribution is 2.38. The highest BCUT2D eigenvalue weighted by Gasteiger charge is 2.32. The monoisotopic (exact) mass is 308 g/mol. The summed E-state index contributed by atoms with van der Waals surface area (Å²) in [4.78, 5) is 3.83. The van der Waals surface area contributed by atoms with E-state index < -0.39 is 11.7 Å². The fourth-order valence-electron chi connectivity index (χ4n) is 1.70. The molecule has 0 saturated heterocycles. The molecule has 1 heterocycles. The third-order valence-electron chi connectivity index (χ3n) is 2.83. The van der Waals surface area contributed by atoms with Crippen LogP contribution in [0.15, 0.2) is 16.7 Å². The molecule has 0 aliphatic heterocycles. The van der Waals surface area contributed by atoms with Gasteiger partial charge in [0, 0.05) is 16.7 Å². The number of halogens is 4. The maximum atomic E-state index is 12.4. The first-order valence-electron chi connectivity index (χ1n) is 5.36. The smallest absolute Gasteiger partial charge is 0.323 e. The molecule has 2 N–H and O–H groups in total. The molecule has 94 valence electrons. The van der Waals surface area contributed by atoms with Crippen molar-refractivity contribution in [2.24, 2.45) is 11.7 Å². The van der Waals surface area contributed by atoms with Gasteiger partial charge in [-0.15, -0.1) is 0 Å². The van der Waals surface area contributed by atoms with Crippen LogP contribution in [0.5, 0.6) is 0 Å². The van der Waals surface area contributed by atoms with E-state index in [1.165, 1.54) is 0 Å². The molecule has 1 aliphatic carbocycles. The molecule has 0 radical (unpaired) electrons. The van der Waals surface area contributed by atoms with E-state index in [1.807, 2.05) is 0 Å². The minimum absolute atomic E-state index is 0.292. The fourth-order valence-corrected chi connectivity index (χ4v) is 2.34. The van der Waals surface area contributed by atoms with Gasteiger partial charge in [-0.2, -0.15) is 13.2 Å². The van der Waals surface area contributed by atoms with Crippen LogP contribution in [0.4, 0.5) is 13.2 Å². The van der Waals surface area contributed by atoms with Crippen molar-refractivity contribution in [3.05, 3.63) is 28.0 Å². The van der Waals surface area contributed by atoms with Crippen molar-refractivity contribution in [1.29, 1.82) is 0 Å². The molecule has 1 aliphatic rings. The van der Waals surface area contributed by atoms with E-state index in [1.54, 1.807) is 0 Å². The van der Waals surface area contributed by atoms with Crippen molar-refractivity contribution < 1.29 is 13.2 Å². The number of aromatic nitrogens is 1. The van der Waals surface area contributed by atoms with Crippen molar-refractivity contribution >= 4 is 15.9 Å². The summed E-state index contributed by atoms with van der Waals surface area (Å²) >= 11 is 3.11. The highest BCUT2D eigenvalue weighted by molar-refractivity contribution is 9.10. The quantitative estimate of drug-likeness (QED) is 0.925. The predicted octanol–water partition coefficient (Wildman–Crippen LogP) is 3.66. The van der Waals surface area contributed by atoms with Gasteiger partial charge in [0.1, 0.15) is 0 Å². The number of nitrogens with zero attached hydrogens (tertiary/aromatic N) is 1. The first kappa shape index (κ1) is 12.8. The van der Waals surface area contributed by atoms with Crippen LogP contribution in [0, 0.1) is 5.92 Å². The van der Waals surface area contributed by atoms with Gasteiger partial charge in [0.2, 0.25) is 0 Å². The third-order valence-corrected chi connectivity index (χ3v) is 3.47. The molecule has 2 rings (SSSR count). The van der Waals surface area contributed by atoms with E-state index >= 15 is 0 Å². The summed E-state index contributed by atoms with van der Waals surface area (Å²) in [6, 6.07) is 0.744. The lowest BCUT2D eigenvalue weighted by molar-refractivity contribution is -0.137. The summed E-state index contributed by atoms with van der Waals surface area (Å²) < 4.78 is 37.6. The van der Waals surface area contributed by atoms with Crippen molar-refractivity contribution in [1.82, 2.24) is 4.98 Å². The molecule has 0 spiro atoms. The summed E-state index contributed by atoms with van der Waals surface area (Å²) in [5.41, 5.74) is 5.67. The van der Waals surface area contributed by atoms with E-state index in [-0.39, 0.29) is 6.04 Å². The average molecular weight is 309 g/mol. The Hall–Kier alpha value is -0.620. The van der Waals surface area contributed by atoms with Crippen LogP contribution in [-0.4, -0.2) is 4.98 Å². The first-order chi connectivity index (χ1) is 7.88. The Morgan fingerprint density at radius 2 is 2.12 bits per heavy atom. The lowest BCUT2D eigenvalue weighted by Gasteiger charge is -2.14. The molecule has 2 nitrogen and oxygen atoms in total. The molecule has 1 aromatic rings. The van der Waals surface area contributed by atoms with Crippen LogP contribution in [0.25, 0.3) is 0 Å². The van der Waals surface area contributed by atoms with Gasteiger partial charge in [-0.25, -0.2) is 0 Å². The Balaban J connectivity index is 2.18. The summed E-state index contributed by atoms with van der Waals surface area (Å²) in [5.74, 6) is 0.612. The van der Waals surface area contributed by atoms with Crippen molar-refractivity contribution in [3.63, 3.8) is 0 Å². The van der Waals surface area contributed by atoms with E-state index in [2.05, 4.69) is 20.9 Å². The minimum Gasteiger partial charge on any atom is -0.323 e. The minimum atomic E-state index is -4.37. The molecular weight excluding hydrogens is 297 g/mol. The van der Waals surface area contributed by atoms with Crippen molar-refractivity contribution in [2.45, 2.75) is 31.5 Å². The van der Waals surface area contributed by atoms with Gasteiger partial charge >= 0.3 is 6.18 Å². The summed E-state index contributed by atoms with van der Waals surface area (Å²) in [7, 11) is 0. The second-order valence-corrected chi connectivity index (χ2v) is 5.23. The van der Waals surface area contributed by atoms with Gasteiger partial charge < -0.3 is 5.73 Å². The summed E-state index contributed by atoms with van der Waals surface area (Å²) in [6.07, 6.45) is -0.420. The molecule has 0 bridgehead atoms. The third kappa shape index (κ3) is 3.19. The van der Waals surface area contributed by atoms with E-state index in [0.717, 1.165) is 31.5 Å². The molecule has 6 heteroatoms. The number of hydrogen-bond donors (Lipinski definition) is 1. The van der Waals surface area contributed by atoms with Gasteiger partial charge in [0.25, 0.3) is 0 Å². The van der Waals surface area contributed by atoms with Crippen LogP contribution in [0.3, 0.4) is 0 Å². The number of nitrogens with two attached hydrogens (primary N) is 1. The van der Waals surface area contributed by atoms with Gasteiger partial charge in [-0.3, -0.25) is 4.98 Å². The Kier molecular flexibility index (Phi) is 3.45. The predicted molar refractivity (Wildman–Crippen MR) is 61.2 cm³/mol. The fraction of sp³-hybridized carbons (Fsp3) is 0.545. The summed E-state index contributed by atoms with van der Waals surface area (Å²) in [6.45, 7) is 0. The largest absolute Gasteiger partial charge is 0.417 e. The Labute approximate surface area is 106 Å². The topological polar surface area (TPSA) is 38.9 Å². The molecule has 0 amide bonds. The maximum Gasteiger partial charge on any atom is 0.417 e. The van der Waals surface area contributed by atoms with Gasteiger partial charge in [-0.1, -0.05) is 12.8 Å². The SMILES string of the molecule is N[C@@H](CC1CC1)c1ncc(C(F)(F)F)cc1Br. The lowest BCUT2D eigenvalue weighted by Crippen LogP contribution is -2.15. The van der Waals surface area contributed by atoms with Crippen LogP contribution in [0.1, 0.15) is 36.6 Å². The Morgan fingerprint density at radius 1 is 1.47 bits per heavy atom. The van der Waals surface area contributed by atoms with Gasteiger partial charge in [0.15, 0.2) is 0 Å². The molecule has 1 fully saturated rings. The zero-order valence-electron chi connectivity index (χ0n) is 8.97. The van der Waals surface area contributed by atoms with Gasteiger partial charge in [0.05, 0.1) is 11.3 Å². The van der Waals surface area contributed by atoms with Crippen molar-refractivity contribution in [3.8, 4) is 0 Å². The Bertz CT molecular complexity index is 416. The number of hydrogen-bond acceptors (Lipinski definition) is 2. The number of rotatable bonds is 3. The van der Waals surface area contributed by atoms with E-state index in [9.17, 15) is 13.2 Å². The standard InChI is InChI=1S/C11H12BrF3N2/c12-8-4-7(11(13,14)15)5-17-10(8)9(16)3-6-1-2-6/h4-6,9H,1-3,16H2/t9-/m0/s1. The normalized spacial score (nSPS) is 18.2. The second kappa shape index (κ2) is 4.57. The van der Waals surface area contributed by atoms with Crippen LogP contribution < -0.4 is 5.73 Å². The first-order valence-corrected chi connectivity index (χ1v) is 6.15. The zero-order valence-corrected chi connectivity index (χ0v) is 10.6. The highest BCUT2D eigenvalue weighted by atomic mass is 79.9. The Morgan fingerprint density at radius 3 is 2.59 bits per heavy atom. The van der Waals surface area contributed by atoms with E-state index in [0.29, 0.717) is 16.1 Å². The maximum absolute atomic E-state index is 12.4.